The van der Waals surface area contributed by atoms with Gasteiger partial charge in [-0.05, 0) is 75.8 Å². The molecular weight excluding hydrogens is 893 g/mol. The molecule has 70 heavy (non-hydrogen) atoms. The SMILES string of the molecule is CCc1c(N[C@H]2COC(c3ccc(OCC(O)CNC)cc3-c3nc(N[C@@H]4CCOC4)c(C)c(-c4ccnc(-n5ccnc5)c4)n3)C2)nc(-c2cccc(OCC(O)CNC)c2)nc1N1CCOCC1. The number of pyridine rings is 1. The predicted octanol–water partition coefficient (Wildman–Crippen LogP) is 4.62. The van der Waals surface area contributed by atoms with E-state index >= 15 is 0 Å². The van der Waals surface area contributed by atoms with Crippen molar-refractivity contribution in [3.05, 3.63) is 96.2 Å². The smallest absolute Gasteiger partial charge is 0.164 e. The molecule has 9 rings (SSSR count). The zero-order chi connectivity index (χ0) is 48.4. The van der Waals surface area contributed by atoms with Gasteiger partial charge in [0.25, 0.3) is 0 Å². The van der Waals surface area contributed by atoms with Crippen LogP contribution in [-0.4, -0.2) is 155 Å². The van der Waals surface area contributed by atoms with Gasteiger partial charge < -0.3 is 60.1 Å². The van der Waals surface area contributed by atoms with Gasteiger partial charge in [-0.1, -0.05) is 25.1 Å². The number of aliphatic hydroxyl groups excluding tert-OH is 2. The monoisotopic (exact) mass is 957 g/mol. The number of aromatic nitrogens is 7. The lowest BCUT2D eigenvalue weighted by atomic mass is 9.97. The molecule has 3 saturated heterocycles. The normalized spacial score (nSPS) is 19.0. The first-order valence-corrected chi connectivity index (χ1v) is 24.2. The van der Waals surface area contributed by atoms with Crippen LogP contribution in [0.15, 0.2) is 79.5 Å². The van der Waals surface area contributed by atoms with E-state index in [0.29, 0.717) is 107 Å². The second-order valence-electron chi connectivity index (χ2n) is 17.8. The molecule has 19 nitrogen and oxygen atoms in total. The average Bonchev–Trinajstić information content (AvgIpc) is 4.22. The summed E-state index contributed by atoms with van der Waals surface area (Å²) in [5, 5.41) is 34.4. The zero-order valence-corrected chi connectivity index (χ0v) is 40.3. The van der Waals surface area contributed by atoms with Crippen molar-refractivity contribution in [2.45, 2.75) is 63.5 Å². The quantitative estimate of drug-likeness (QED) is 0.0580. The van der Waals surface area contributed by atoms with E-state index in [1.807, 2.05) is 72.3 Å². The minimum absolute atomic E-state index is 0.0831. The Labute approximate surface area is 408 Å². The summed E-state index contributed by atoms with van der Waals surface area (Å²) in [7, 11) is 3.59. The first kappa shape index (κ1) is 48.7. The van der Waals surface area contributed by atoms with Gasteiger partial charge in [-0.25, -0.2) is 29.9 Å². The van der Waals surface area contributed by atoms with Crippen LogP contribution in [-0.2, 0) is 20.6 Å². The van der Waals surface area contributed by atoms with Gasteiger partial charge in [-0.15, -0.1) is 0 Å². The molecule has 2 aromatic carbocycles. The first-order valence-electron chi connectivity index (χ1n) is 24.2. The van der Waals surface area contributed by atoms with E-state index in [1.54, 1.807) is 32.8 Å². The first-order chi connectivity index (χ1) is 34.3. The maximum Gasteiger partial charge on any atom is 0.164 e. The molecule has 7 heterocycles. The van der Waals surface area contributed by atoms with Gasteiger partial charge in [0.05, 0.1) is 50.3 Å². The fourth-order valence-electron chi connectivity index (χ4n) is 9.02. The highest BCUT2D eigenvalue weighted by Gasteiger charge is 2.32. The number of benzene rings is 2. The van der Waals surface area contributed by atoms with Gasteiger partial charge in [0.1, 0.15) is 66.5 Å². The van der Waals surface area contributed by atoms with Crippen LogP contribution in [0.3, 0.4) is 0 Å². The number of rotatable bonds is 21. The molecule has 4 aromatic heterocycles. The van der Waals surface area contributed by atoms with E-state index < -0.39 is 12.2 Å². The van der Waals surface area contributed by atoms with Gasteiger partial charge >= 0.3 is 0 Å². The van der Waals surface area contributed by atoms with Crippen LogP contribution in [0.4, 0.5) is 17.5 Å². The van der Waals surface area contributed by atoms with Gasteiger partial charge in [-0.3, -0.25) is 4.57 Å². The summed E-state index contributed by atoms with van der Waals surface area (Å²) in [6, 6.07) is 17.5. The maximum atomic E-state index is 10.6. The van der Waals surface area contributed by atoms with Crippen molar-refractivity contribution < 1.29 is 33.9 Å². The summed E-state index contributed by atoms with van der Waals surface area (Å²) in [6.07, 6.45) is 7.54. The fraction of sp³-hybridized carbons (Fsp3) is 0.451. The van der Waals surface area contributed by atoms with Crippen LogP contribution in [0.25, 0.3) is 39.9 Å². The van der Waals surface area contributed by atoms with Gasteiger partial charge in [0.2, 0.25) is 0 Å². The van der Waals surface area contributed by atoms with Crippen LogP contribution >= 0.6 is 0 Å². The van der Waals surface area contributed by atoms with E-state index in [9.17, 15) is 10.2 Å². The zero-order valence-electron chi connectivity index (χ0n) is 40.3. The standard InChI is InChI=1S/C51H64N12O7/c1-5-41-49(60-48(61-51(41)62-16-19-66-20-17-62)34-7-6-8-39(21-34)68-29-37(64)25-52-3)57-36-23-44(70-28-36)42-10-9-40(69-30-38(65)26-53-4)24-43(42)50-58-46(32(2)47(59-50)56-35-12-18-67-27-35)33-11-13-55-45(22-33)63-15-14-54-31-63/h6-11,13-15,21-22,24,31,35-38,44,52-53,64-65H,5,12,16-20,23,25-30H2,1-4H3,(H,56,58,59)(H,57,60,61)/t35-,36-,37?,38?,44?/m1/s1. The third-order valence-corrected chi connectivity index (χ3v) is 12.7. The molecule has 0 bridgehead atoms. The molecule has 0 spiro atoms. The molecule has 6 N–H and O–H groups in total. The van der Waals surface area contributed by atoms with Crippen LogP contribution in [0.1, 0.15) is 42.6 Å². The molecule has 3 aliphatic rings. The second-order valence-corrected chi connectivity index (χ2v) is 17.8. The highest BCUT2D eigenvalue weighted by Crippen LogP contribution is 2.41. The van der Waals surface area contributed by atoms with Crippen LogP contribution < -0.4 is 35.6 Å². The minimum Gasteiger partial charge on any atom is -0.491 e. The summed E-state index contributed by atoms with van der Waals surface area (Å²) in [5.41, 5.74) is 5.95. The minimum atomic E-state index is -0.708. The Morgan fingerprint density at radius 1 is 0.786 bits per heavy atom. The second kappa shape index (κ2) is 23.1. The van der Waals surface area contributed by atoms with Crippen molar-refractivity contribution in [1.29, 1.82) is 0 Å². The lowest BCUT2D eigenvalue weighted by Gasteiger charge is -2.30. The fourth-order valence-corrected chi connectivity index (χ4v) is 9.02. The number of nitrogens with zero attached hydrogens (tertiary/aromatic N) is 8. The Hall–Kier alpha value is -6.32. The van der Waals surface area contributed by atoms with E-state index in [-0.39, 0.29) is 31.4 Å². The lowest BCUT2D eigenvalue weighted by Crippen LogP contribution is -2.38. The van der Waals surface area contributed by atoms with E-state index in [0.717, 1.165) is 57.1 Å². The van der Waals surface area contributed by atoms with Crippen molar-refractivity contribution in [2.24, 2.45) is 0 Å². The molecule has 0 saturated carbocycles. The van der Waals surface area contributed by atoms with Gasteiger partial charge in [0, 0.05) is 85.6 Å². The molecular formula is C51H64N12O7. The van der Waals surface area contributed by atoms with E-state index in [1.165, 1.54) is 0 Å². The molecule has 3 unspecified atom stereocenters. The molecule has 5 atom stereocenters. The van der Waals surface area contributed by atoms with Crippen molar-refractivity contribution in [2.75, 3.05) is 102 Å². The number of hydrogen-bond acceptors (Lipinski definition) is 18. The molecule has 19 heteroatoms. The van der Waals surface area contributed by atoms with Crippen LogP contribution in [0.5, 0.6) is 11.5 Å². The summed E-state index contributed by atoms with van der Waals surface area (Å²) in [5.74, 6) is 5.26. The van der Waals surface area contributed by atoms with Gasteiger partial charge in [-0.2, -0.15) is 0 Å². The third kappa shape index (κ3) is 11.6. The van der Waals surface area contributed by atoms with Crippen molar-refractivity contribution in [1.82, 2.24) is 45.1 Å². The predicted molar refractivity (Wildman–Crippen MR) is 267 cm³/mol. The molecule has 0 aliphatic carbocycles. The average molecular weight is 957 g/mol. The van der Waals surface area contributed by atoms with Gasteiger partial charge in [0.15, 0.2) is 11.6 Å². The van der Waals surface area contributed by atoms with Crippen molar-refractivity contribution >= 4 is 17.5 Å². The molecule has 370 valence electrons. The molecule has 6 aromatic rings. The highest BCUT2D eigenvalue weighted by molar-refractivity contribution is 5.75. The lowest BCUT2D eigenvalue weighted by molar-refractivity contribution is 0.107. The number of ether oxygens (including phenoxy) is 5. The summed E-state index contributed by atoms with van der Waals surface area (Å²) >= 11 is 0. The number of hydrogen-bond donors (Lipinski definition) is 6. The Morgan fingerprint density at radius 2 is 1.56 bits per heavy atom. The Balaban J connectivity index is 1.06. The molecule has 3 fully saturated rings. The largest absolute Gasteiger partial charge is 0.491 e. The summed E-state index contributed by atoms with van der Waals surface area (Å²) in [4.78, 5) is 32.1. The Bertz CT molecular complexity index is 2660. The Kier molecular flexibility index (Phi) is 16.0. The number of anilines is 3. The topological polar surface area (TPSA) is 220 Å². The van der Waals surface area contributed by atoms with Crippen LogP contribution in [0.2, 0.25) is 0 Å². The summed E-state index contributed by atoms with van der Waals surface area (Å²) < 4.78 is 32.3. The Morgan fingerprint density at radius 3 is 2.29 bits per heavy atom. The molecule has 0 radical (unpaired) electrons. The van der Waals surface area contributed by atoms with Crippen molar-refractivity contribution in [3.63, 3.8) is 0 Å². The number of aliphatic hydroxyl groups is 2. The molecule has 0 amide bonds. The van der Waals surface area contributed by atoms with E-state index in [4.69, 9.17) is 43.6 Å². The number of imidazole rings is 1. The highest BCUT2D eigenvalue weighted by atomic mass is 16.5. The molecule has 3 aliphatic heterocycles. The van der Waals surface area contributed by atoms with Crippen LogP contribution in [0, 0.1) is 6.92 Å². The number of morpholine rings is 1. The third-order valence-electron chi connectivity index (χ3n) is 12.7. The van der Waals surface area contributed by atoms with Crippen molar-refractivity contribution in [3.8, 4) is 51.3 Å². The summed E-state index contributed by atoms with van der Waals surface area (Å²) in [6.45, 7) is 9.51. The van der Waals surface area contributed by atoms with E-state index in [2.05, 4.69) is 43.1 Å². The maximum absolute atomic E-state index is 10.6. The number of nitrogens with one attached hydrogen (secondary N) is 4. The number of likely N-dealkylation sites (N-methyl/N-ethyl adjacent to an activating group) is 2.